The molecule has 0 aliphatic carbocycles. The third-order valence-corrected chi connectivity index (χ3v) is 0.567. The zero-order chi connectivity index (χ0) is 7.98. The van der Waals surface area contributed by atoms with Crippen LogP contribution in [0.2, 0.25) is 0 Å². The molecule has 0 N–H and O–H groups in total. The number of carbonyl (C=O) groups is 2. The van der Waals surface area contributed by atoms with Gasteiger partial charge in [-0.05, 0) is 0 Å². The van der Waals surface area contributed by atoms with Gasteiger partial charge in [-0.15, -0.1) is 0 Å². The molecule has 0 aliphatic rings. The molecule has 0 saturated carbocycles. The fraction of sp³-hybridized carbons (Fsp3) is 0. The fourth-order valence-corrected chi connectivity index (χ4v) is 0.226. The fourth-order valence-electron chi connectivity index (χ4n) is 0.226. The molecule has 0 bridgehead atoms. The van der Waals surface area contributed by atoms with Gasteiger partial charge in [-0.3, -0.25) is 0 Å². The Bertz CT molecular complexity index is 183. The van der Waals surface area contributed by atoms with Gasteiger partial charge in [-0.2, -0.15) is 0 Å². The Morgan fingerprint density at radius 2 is 2.00 bits per heavy atom. The van der Waals surface area contributed by atoms with Crippen molar-refractivity contribution in [3.63, 3.8) is 0 Å². The predicted molar refractivity (Wildman–Crippen MR) is 31.5 cm³/mol. The Morgan fingerprint density at radius 3 is 2.40 bits per heavy atom. The molecule has 3 nitrogen and oxygen atoms in total. The molecular formula is C6H5FO3. The smallest absolute Gasteiger partial charge is 0.340 e. The van der Waals surface area contributed by atoms with E-state index in [0.29, 0.717) is 6.08 Å². The minimum atomic E-state index is -1.05. The van der Waals surface area contributed by atoms with Gasteiger partial charge < -0.3 is 4.74 Å². The molecule has 0 unspecified atom stereocenters. The van der Waals surface area contributed by atoms with Crippen molar-refractivity contribution >= 4 is 11.9 Å². The van der Waals surface area contributed by atoms with Gasteiger partial charge in [0.2, 0.25) is 0 Å². The first kappa shape index (κ1) is 8.55. The van der Waals surface area contributed by atoms with Gasteiger partial charge in [-0.25, -0.2) is 14.0 Å². The standard InChI is InChI=1S/C6H5FO3/c1-2-5(8)10-6(9)3-4-7/h2-4H,1H2. The van der Waals surface area contributed by atoms with Crippen LogP contribution >= 0.6 is 0 Å². The molecule has 0 fully saturated rings. The molecule has 0 aromatic heterocycles. The Hall–Kier alpha value is -1.45. The number of hydrogen-bond donors (Lipinski definition) is 0. The van der Waals surface area contributed by atoms with Gasteiger partial charge in [0.1, 0.15) is 0 Å². The van der Waals surface area contributed by atoms with Crippen molar-refractivity contribution < 1.29 is 18.7 Å². The molecule has 0 aromatic rings. The maximum Gasteiger partial charge on any atom is 0.340 e. The summed E-state index contributed by atoms with van der Waals surface area (Å²) < 4.78 is 15.1. The van der Waals surface area contributed by atoms with Crippen molar-refractivity contribution in [1.82, 2.24) is 0 Å². The van der Waals surface area contributed by atoms with Crippen molar-refractivity contribution in [2.24, 2.45) is 0 Å². The lowest BCUT2D eigenvalue weighted by Crippen LogP contribution is -2.06. The van der Waals surface area contributed by atoms with Crippen LogP contribution in [0.25, 0.3) is 0 Å². The third kappa shape index (κ3) is 3.54. The van der Waals surface area contributed by atoms with Crippen LogP contribution < -0.4 is 0 Å². The lowest BCUT2D eigenvalue weighted by atomic mass is 10.6. The maximum absolute atomic E-state index is 11.2. The molecule has 0 spiro atoms. The summed E-state index contributed by atoms with van der Waals surface area (Å²) in [6.45, 7) is 3.03. The molecular weight excluding hydrogens is 139 g/mol. The molecule has 0 heterocycles. The van der Waals surface area contributed by atoms with Gasteiger partial charge in [0.25, 0.3) is 0 Å². The van der Waals surface area contributed by atoms with E-state index in [0.717, 1.165) is 6.08 Å². The summed E-state index contributed by atoms with van der Waals surface area (Å²) in [6.07, 6.45) is 1.28. The van der Waals surface area contributed by atoms with Crippen LogP contribution in [0.5, 0.6) is 0 Å². The quantitative estimate of drug-likeness (QED) is 0.326. The van der Waals surface area contributed by atoms with E-state index >= 15 is 0 Å². The normalized spacial score (nSPS) is 9.30. The van der Waals surface area contributed by atoms with Crippen LogP contribution in [0, 0.1) is 0 Å². The first-order chi connectivity index (χ1) is 4.70. The number of ether oxygens (including phenoxy) is 1. The van der Waals surface area contributed by atoms with Gasteiger partial charge >= 0.3 is 11.9 Å². The van der Waals surface area contributed by atoms with E-state index < -0.39 is 11.9 Å². The highest BCUT2D eigenvalue weighted by molar-refractivity contribution is 5.95. The molecule has 54 valence electrons. The van der Waals surface area contributed by atoms with Gasteiger partial charge in [0.05, 0.1) is 12.4 Å². The Kier molecular flexibility index (Phi) is 3.79. The number of hydrogen-bond acceptors (Lipinski definition) is 3. The highest BCUT2D eigenvalue weighted by atomic mass is 19.1. The Labute approximate surface area is 56.8 Å². The van der Waals surface area contributed by atoms with Gasteiger partial charge in [0.15, 0.2) is 0 Å². The maximum atomic E-state index is 11.2. The lowest BCUT2D eigenvalue weighted by Gasteiger charge is -1.90. The molecule has 10 heavy (non-hydrogen) atoms. The van der Waals surface area contributed by atoms with Crippen molar-refractivity contribution in [3.8, 4) is 0 Å². The van der Waals surface area contributed by atoms with E-state index in [9.17, 15) is 14.0 Å². The van der Waals surface area contributed by atoms with Crippen LogP contribution in [0.1, 0.15) is 0 Å². The molecule has 0 amide bonds. The minimum Gasteiger partial charge on any atom is -0.387 e. The molecule has 0 aromatic carbocycles. The van der Waals surface area contributed by atoms with Gasteiger partial charge in [0, 0.05) is 6.08 Å². The zero-order valence-corrected chi connectivity index (χ0v) is 5.04. The van der Waals surface area contributed by atoms with Crippen LogP contribution in [0.15, 0.2) is 25.1 Å². The summed E-state index contributed by atoms with van der Waals surface area (Å²) in [6, 6.07) is 0. The average molecular weight is 144 g/mol. The van der Waals surface area contributed by atoms with E-state index in [2.05, 4.69) is 11.3 Å². The van der Waals surface area contributed by atoms with Gasteiger partial charge in [-0.1, -0.05) is 6.58 Å². The first-order valence-electron chi connectivity index (χ1n) is 2.35. The summed E-state index contributed by atoms with van der Waals surface area (Å²) in [4.78, 5) is 20.4. The average Bonchev–Trinajstić information content (AvgIpc) is 1.88. The molecule has 0 radical (unpaired) electrons. The topological polar surface area (TPSA) is 43.4 Å². The first-order valence-corrected chi connectivity index (χ1v) is 2.35. The van der Waals surface area contributed by atoms with E-state index in [4.69, 9.17) is 0 Å². The largest absolute Gasteiger partial charge is 0.387 e. The second-order valence-electron chi connectivity index (χ2n) is 1.24. The summed E-state index contributed by atoms with van der Waals surface area (Å²) in [5, 5.41) is 0. The number of rotatable bonds is 2. The second-order valence-corrected chi connectivity index (χ2v) is 1.24. The van der Waals surface area contributed by atoms with Crippen LogP contribution in [0.4, 0.5) is 4.39 Å². The van der Waals surface area contributed by atoms with Crippen molar-refractivity contribution in [2.45, 2.75) is 0 Å². The van der Waals surface area contributed by atoms with E-state index in [1.807, 2.05) is 0 Å². The molecule has 0 saturated heterocycles. The van der Waals surface area contributed by atoms with E-state index in [1.54, 1.807) is 0 Å². The predicted octanol–water partition coefficient (Wildman–Crippen LogP) is 0.725. The Morgan fingerprint density at radius 1 is 1.40 bits per heavy atom. The summed E-state index contributed by atoms with van der Waals surface area (Å²) >= 11 is 0. The Balaban J connectivity index is 3.79. The number of esters is 2. The summed E-state index contributed by atoms with van der Waals surface area (Å²) in [5.74, 6) is -1.95. The lowest BCUT2D eigenvalue weighted by molar-refractivity contribution is -0.152. The summed E-state index contributed by atoms with van der Waals surface area (Å²) in [7, 11) is 0. The van der Waals surface area contributed by atoms with Crippen LogP contribution in [0.3, 0.4) is 0 Å². The van der Waals surface area contributed by atoms with Crippen LogP contribution in [-0.4, -0.2) is 11.9 Å². The van der Waals surface area contributed by atoms with Crippen molar-refractivity contribution in [2.75, 3.05) is 0 Å². The number of halogens is 1. The molecule has 0 atom stereocenters. The molecule has 0 aliphatic heterocycles. The van der Waals surface area contributed by atoms with Crippen molar-refractivity contribution in [1.29, 1.82) is 0 Å². The molecule has 4 heteroatoms. The number of carbonyl (C=O) groups excluding carboxylic acids is 2. The highest BCUT2D eigenvalue weighted by Gasteiger charge is 2.00. The van der Waals surface area contributed by atoms with Crippen molar-refractivity contribution in [3.05, 3.63) is 25.1 Å². The monoisotopic (exact) mass is 144 g/mol. The van der Waals surface area contributed by atoms with E-state index in [1.165, 1.54) is 0 Å². The SMILES string of the molecule is C=CC(=O)OC(=O)C=CF. The zero-order valence-electron chi connectivity index (χ0n) is 5.04. The third-order valence-electron chi connectivity index (χ3n) is 0.567. The van der Waals surface area contributed by atoms with Crippen LogP contribution in [-0.2, 0) is 14.3 Å². The highest BCUT2D eigenvalue weighted by Crippen LogP contribution is 1.83. The second kappa shape index (κ2) is 4.43. The minimum absolute atomic E-state index is 0.0152. The summed E-state index contributed by atoms with van der Waals surface area (Å²) in [5.41, 5.74) is 0. The van der Waals surface area contributed by atoms with E-state index in [-0.39, 0.29) is 6.33 Å². The molecule has 0 rings (SSSR count).